The molecule has 1 aliphatic rings. The largest absolute Gasteiger partial charge is 0.495 e. The highest BCUT2D eigenvalue weighted by atomic mass is 35.5. The molecule has 1 atom stereocenters. The number of hydrogen-bond acceptors (Lipinski definition) is 4. The molecule has 4 rings (SSSR count). The number of carbonyl (C=O) groups excluding carboxylic acids is 1. The molecule has 2 heterocycles. The van der Waals surface area contributed by atoms with Gasteiger partial charge in [0.25, 0.3) is 5.91 Å². The van der Waals surface area contributed by atoms with Crippen LogP contribution in [0.2, 0.25) is 5.02 Å². The highest BCUT2D eigenvalue weighted by Crippen LogP contribution is 2.39. The average Bonchev–Trinajstić information content (AvgIpc) is 2.95. The molecule has 1 N–H and O–H groups in total. The normalized spacial score (nSPS) is 15.7. The Morgan fingerprint density at radius 1 is 1.12 bits per heavy atom. The van der Waals surface area contributed by atoms with Crippen LogP contribution in [0.25, 0.3) is 0 Å². The van der Waals surface area contributed by atoms with Crippen LogP contribution in [0, 0.1) is 0 Å². The van der Waals surface area contributed by atoms with Gasteiger partial charge in [0, 0.05) is 16.9 Å². The summed E-state index contributed by atoms with van der Waals surface area (Å²) in [5.41, 5.74) is 2.73. The lowest BCUT2D eigenvalue weighted by Crippen LogP contribution is -2.32. The van der Waals surface area contributed by atoms with Crippen LogP contribution in [0.5, 0.6) is 5.75 Å². The van der Waals surface area contributed by atoms with Gasteiger partial charge < -0.3 is 10.1 Å². The van der Waals surface area contributed by atoms with E-state index in [0.29, 0.717) is 27.7 Å². The number of halogens is 1. The van der Waals surface area contributed by atoms with E-state index in [1.54, 1.807) is 48.5 Å². The fraction of sp³-hybridized carbons (Fsp3) is 0.100. The molecule has 0 fully saturated rings. The highest BCUT2D eigenvalue weighted by molar-refractivity contribution is 6.31. The van der Waals surface area contributed by atoms with Gasteiger partial charge in [0.15, 0.2) is 6.17 Å². The van der Waals surface area contributed by atoms with Crippen molar-refractivity contribution < 1.29 is 9.53 Å². The number of nitrogens with one attached hydrogen (secondary N) is 1. The summed E-state index contributed by atoms with van der Waals surface area (Å²) in [4.78, 5) is 19.1. The first kappa shape index (κ1) is 16.4. The van der Waals surface area contributed by atoms with Crippen LogP contribution < -0.4 is 15.0 Å². The lowest BCUT2D eigenvalue weighted by Gasteiger charge is -2.27. The van der Waals surface area contributed by atoms with Gasteiger partial charge in [-0.1, -0.05) is 29.8 Å². The number of nitrogens with zero attached hydrogens (tertiary/aromatic N) is 2. The molecular formula is C20H16ClN3O2. The van der Waals surface area contributed by atoms with Crippen LogP contribution in [-0.2, 0) is 0 Å². The minimum absolute atomic E-state index is 0.0993. The van der Waals surface area contributed by atoms with E-state index in [1.807, 2.05) is 30.3 Å². The van der Waals surface area contributed by atoms with Gasteiger partial charge in [-0.05, 0) is 42.5 Å². The molecule has 1 aliphatic heterocycles. The van der Waals surface area contributed by atoms with Crippen molar-refractivity contribution in [1.82, 2.24) is 4.98 Å². The van der Waals surface area contributed by atoms with Crippen molar-refractivity contribution in [2.24, 2.45) is 0 Å². The van der Waals surface area contributed by atoms with Crippen LogP contribution >= 0.6 is 11.6 Å². The number of amides is 1. The quantitative estimate of drug-likeness (QED) is 0.738. The first-order valence-corrected chi connectivity index (χ1v) is 8.50. The predicted octanol–water partition coefficient (Wildman–Crippen LogP) is 4.51. The van der Waals surface area contributed by atoms with E-state index in [-0.39, 0.29) is 5.91 Å². The monoisotopic (exact) mass is 365 g/mol. The van der Waals surface area contributed by atoms with Gasteiger partial charge in [0.2, 0.25) is 0 Å². The Kier molecular flexibility index (Phi) is 4.22. The topological polar surface area (TPSA) is 54.5 Å². The van der Waals surface area contributed by atoms with Gasteiger partial charge in [0.05, 0.1) is 24.1 Å². The number of methoxy groups -OCH3 is 1. The van der Waals surface area contributed by atoms with E-state index < -0.39 is 6.17 Å². The zero-order valence-corrected chi connectivity index (χ0v) is 14.8. The van der Waals surface area contributed by atoms with Crippen molar-refractivity contribution in [3.8, 4) is 5.75 Å². The molecule has 0 aliphatic carbocycles. The van der Waals surface area contributed by atoms with Gasteiger partial charge in [-0.3, -0.25) is 14.7 Å². The second-order valence-corrected chi connectivity index (χ2v) is 6.27. The summed E-state index contributed by atoms with van der Waals surface area (Å²) in [6, 6.07) is 18.4. The molecule has 0 saturated carbocycles. The van der Waals surface area contributed by atoms with Crippen LogP contribution in [0.15, 0.2) is 66.9 Å². The van der Waals surface area contributed by atoms with Gasteiger partial charge in [-0.15, -0.1) is 0 Å². The minimum Gasteiger partial charge on any atom is -0.495 e. The van der Waals surface area contributed by atoms with Gasteiger partial charge >= 0.3 is 0 Å². The first-order valence-electron chi connectivity index (χ1n) is 8.12. The molecular weight excluding hydrogens is 350 g/mol. The summed E-state index contributed by atoms with van der Waals surface area (Å²) in [5.74, 6) is 0.539. The molecule has 1 aromatic heterocycles. The van der Waals surface area contributed by atoms with Crippen LogP contribution in [0.4, 0.5) is 11.4 Å². The van der Waals surface area contributed by atoms with Gasteiger partial charge in [0.1, 0.15) is 5.75 Å². The molecule has 5 nitrogen and oxygen atoms in total. The maximum atomic E-state index is 13.0. The first-order chi connectivity index (χ1) is 12.7. The number of aromatic nitrogens is 1. The van der Waals surface area contributed by atoms with Gasteiger partial charge in [-0.25, -0.2) is 0 Å². The Hall–Kier alpha value is -3.05. The van der Waals surface area contributed by atoms with E-state index in [0.717, 1.165) is 5.69 Å². The van der Waals surface area contributed by atoms with Crippen molar-refractivity contribution in [1.29, 1.82) is 0 Å². The summed E-state index contributed by atoms with van der Waals surface area (Å²) in [6.07, 6.45) is 1.22. The molecule has 0 unspecified atom stereocenters. The number of benzene rings is 2. The third kappa shape index (κ3) is 2.76. The predicted molar refractivity (Wildman–Crippen MR) is 102 cm³/mol. The van der Waals surface area contributed by atoms with E-state index in [2.05, 4.69) is 10.3 Å². The lowest BCUT2D eigenvalue weighted by atomic mass is 10.2. The minimum atomic E-state index is -0.464. The van der Waals surface area contributed by atoms with E-state index in [4.69, 9.17) is 16.3 Å². The molecule has 0 bridgehead atoms. The Morgan fingerprint density at radius 3 is 2.69 bits per heavy atom. The summed E-state index contributed by atoms with van der Waals surface area (Å²) in [6.45, 7) is 0. The maximum absolute atomic E-state index is 13.0. The van der Waals surface area contributed by atoms with Crippen molar-refractivity contribution in [2.75, 3.05) is 17.3 Å². The third-order valence-corrected chi connectivity index (χ3v) is 4.53. The molecule has 0 spiro atoms. The smallest absolute Gasteiger partial charge is 0.262 e. The molecule has 2 aromatic carbocycles. The summed E-state index contributed by atoms with van der Waals surface area (Å²) < 4.78 is 5.42. The number of hydrogen-bond donors (Lipinski definition) is 1. The second-order valence-electron chi connectivity index (χ2n) is 5.84. The van der Waals surface area contributed by atoms with E-state index >= 15 is 0 Å². The number of anilines is 2. The van der Waals surface area contributed by atoms with E-state index in [1.165, 1.54) is 0 Å². The standard InChI is InChI=1S/C20H16ClN3O2/c1-26-17-10-9-13(21)12-16(17)23-19-18-15(8-5-11-22-18)20(25)24(19)14-6-3-2-4-7-14/h2-12,19,23H,1H3/t19-/m0/s1. The summed E-state index contributed by atoms with van der Waals surface area (Å²) >= 11 is 6.15. The number of carbonyl (C=O) groups is 1. The van der Waals surface area contributed by atoms with Crippen molar-refractivity contribution in [3.05, 3.63) is 83.1 Å². The summed E-state index contributed by atoms with van der Waals surface area (Å²) in [5, 5.41) is 3.94. The Labute approximate surface area is 156 Å². The zero-order valence-electron chi connectivity index (χ0n) is 14.0. The van der Waals surface area contributed by atoms with Crippen molar-refractivity contribution in [2.45, 2.75) is 6.17 Å². The number of ether oxygens (including phenoxy) is 1. The molecule has 0 saturated heterocycles. The molecule has 130 valence electrons. The number of para-hydroxylation sites is 1. The van der Waals surface area contributed by atoms with Crippen molar-refractivity contribution >= 4 is 28.9 Å². The molecule has 3 aromatic rings. The van der Waals surface area contributed by atoms with Crippen LogP contribution in [-0.4, -0.2) is 18.0 Å². The van der Waals surface area contributed by atoms with Crippen LogP contribution in [0.3, 0.4) is 0 Å². The maximum Gasteiger partial charge on any atom is 0.262 e. The fourth-order valence-corrected chi connectivity index (χ4v) is 3.29. The number of rotatable bonds is 4. The molecule has 0 radical (unpaired) electrons. The zero-order chi connectivity index (χ0) is 18.1. The Balaban J connectivity index is 1.81. The Bertz CT molecular complexity index is 962. The SMILES string of the molecule is COc1ccc(Cl)cc1N[C@@H]1c2ncccc2C(=O)N1c1ccccc1. The molecule has 6 heteroatoms. The van der Waals surface area contributed by atoms with Gasteiger partial charge in [-0.2, -0.15) is 0 Å². The average molecular weight is 366 g/mol. The summed E-state index contributed by atoms with van der Waals surface area (Å²) in [7, 11) is 1.59. The second kappa shape index (κ2) is 6.69. The third-order valence-electron chi connectivity index (χ3n) is 4.29. The fourth-order valence-electron chi connectivity index (χ4n) is 3.11. The molecule has 26 heavy (non-hydrogen) atoms. The number of pyridine rings is 1. The van der Waals surface area contributed by atoms with Crippen molar-refractivity contribution in [3.63, 3.8) is 0 Å². The number of fused-ring (bicyclic) bond motifs is 1. The highest BCUT2D eigenvalue weighted by Gasteiger charge is 2.39. The van der Waals surface area contributed by atoms with Crippen LogP contribution in [0.1, 0.15) is 22.2 Å². The Morgan fingerprint density at radius 2 is 1.92 bits per heavy atom. The van der Waals surface area contributed by atoms with E-state index in [9.17, 15) is 4.79 Å². The molecule has 1 amide bonds. The lowest BCUT2D eigenvalue weighted by molar-refractivity contribution is 0.0993.